The van der Waals surface area contributed by atoms with Gasteiger partial charge >= 0.3 is 0 Å². The molecule has 138 valence electrons. The Balaban J connectivity index is 0.00000144. The molecule has 0 radical (unpaired) electrons. The highest BCUT2D eigenvalue weighted by Gasteiger charge is 2.30. The normalized spacial score (nSPS) is 23.8. The molecule has 2 saturated heterocycles. The number of hydrogen-bond acceptors (Lipinski definition) is 3. The van der Waals surface area contributed by atoms with Gasteiger partial charge in [-0.1, -0.05) is 23.7 Å². The topological polar surface area (TPSA) is 18.5 Å². The minimum Gasteiger partial charge on any atom is -0.317 e. The molecule has 2 heterocycles. The van der Waals surface area contributed by atoms with Gasteiger partial charge < -0.3 is 10.2 Å². The molecule has 0 spiro atoms. The zero-order valence-corrected chi connectivity index (χ0v) is 16.8. The zero-order chi connectivity index (χ0) is 15.4. The molecule has 0 aromatic heterocycles. The lowest BCUT2D eigenvalue weighted by atomic mass is 9.98. The van der Waals surface area contributed by atoms with Crippen LogP contribution >= 0.6 is 36.4 Å². The molecule has 1 aromatic rings. The van der Waals surface area contributed by atoms with E-state index < -0.39 is 0 Å². The van der Waals surface area contributed by atoms with Crippen LogP contribution in [-0.2, 0) is 6.42 Å². The van der Waals surface area contributed by atoms with E-state index in [1.165, 1.54) is 57.5 Å². The van der Waals surface area contributed by atoms with Gasteiger partial charge in [-0.15, -0.1) is 24.8 Å². The Morgan fingerprint density at radius 2 is 1.75 bits per heavy atom. The molecule has 0 amide bonds. The van der Waals surface area contributed by atoms with Crippen LogP contribution in [0, 0.1) is 0 Å². The Bertz CT molecular complexity index is 463. The fourth-order valence-corrected chi connectivity index (χ4v) is 4.08. The second-order valence-electron chi connectivity index (χ2n) is 6.82. The number of halogens is 3. The summed E-state index contributed by atoms with van der Waals surface area (Å²) in [4.78, 5) is 5.31. The molecule has 1 aromatic carbocycles. The molecule has 1 atom stereocenters. The zero-order valence-electron chi connectivity index (χ0n) is 14.4. The summed E-state index contributed by atoms with van der Waals surface area (Å²) in [7, 11) is 2.26. The molecule has 0 saturated carbocycles. The molecule has 1 N–H and O–H groups in total. The van der Waals surface area contributed by atoms with Crippen LogP contribution in [0.25, 0.3) is 0 Å². The summed E-state index contributed by atoms with van der Waals surface area (Å²) >= 11 is 6.03. The van der Waals surface area contributed by atoms with Crippen molar-refractivity contribution in [2.45, 2.75) is 37.8 Å². The van der Waals surface area contributed by atoms with Crippen LogP contribution in [0.15, 0.2) is 24.3 Å². The lowest BCUT2D eigenvalue weighted by molar-refractivity contribution is 0.108. The summed E-state index contributed by atoms with van der Waals surface area (Å²) in [5.74, 6) is 0. The molecule has 2 aliphatic heterocycles. The maximum absolute atomic E-state index is 6.03. The summed E-state index contributed by atoms with van der Waals surface area (Å²) in [6, 6.07) is 9.79. The van der Waals surface area contributed by atoms with Crippen molar-refractivity contribution in [3.8, 4) is 0 Å². The average Bonchev–Trinajstić information content (AvgIpc) is 2.72. The van der Waals surface area contributed by atoms with Crippen molar-refractivity contribution in [2.75, 3.05) is 39.8 Å². The van der Waals surface area contributed by atoms with Crippen LogP contribution in [0.1, 0.15) is 24.8 Å². The minimum atomic E-state index is 0. The Morgan fingerprint density at radius 3 is 2.42 bits per heavy atom. The first-order valence-corrected chi connectivity index (χ1v) is 8.99. The van der Waals surface area contributed by atoms with Gasteiger partial charge in [-0.25, -0.2) is 0 Å². The van der Waals surface area contributed by atoms with Crippen molar-refractivity contribution in [1.82, 2.24) is 15.1 Å². The summed E-state index contributed by atoms with van der Waals surface area (Å²) in [5.41, 5.74) is 1.41. The first-order valence-electron chi connectivity index (χ1n) is 8.62. The number of hydrogen-bond donors (Lipinski definition) is 1. The summed E-state index contributed by atoms with van der Waals surface area (Å²) in [5, 5.41) is 4.33. The molecule has 0 aliphatic carbocycles. The lowest BCUT2D eigenvalue weighted by Gasteiger charge is -2.39. The summed E-state index contributed by atoms with van der Waals surface area (Å²) < 4.78 is 0. The Hall–Kier alpha value is -0.0300. The van der Waals surface area contributed by atoms with Crippen LogP contribution in [0.2, 0.25) is 5.02 Å². The van der Waals surface area contributed by atoms with Crippen molar-refractivity contribution in [2.24, 2.45) is 0 Å². The molecule has 24 heavy (non-hydrogen) atoms. The third-order valence-corrected chi connectivity index (χ3v) is 5.36. The standard InChI is InChI=1S/C18H28ClN3.2ClH/c1-21-11-2-12-22(17-7-9-20-10-8-17)18(14-21)13-15-3-5-16(19)6-4-15;;/h3-6,17-18,20H,2,7-14H2,1H3;2*1H/t18-;;/m0../s1. The second kappa shape index (κ2) is 10.8. The maximum Gasteiger partial charge on any atom is 0.0406 e. The van der Waals surface area contributed by atoms with E-state index in [2.05, 4.69) is 34.3 Å². The molecule has 2 aliphatic rings. The van der Waals surface area contributed by atoms with E-state index in [9.17, 15) is 0 Å². The smallest absolute Gasteiger partial charge is 0.0406 e. The largest absolute Gasteiger partial charge is 0.317 e. The number of nitrogens with one attached hydrogen (secondary N) is 1. The van der Waals surface area contributed by atoms with Gasteiger partial charge in [0.2, 0.25) is 0 Å². The Labute approximate surface area is 163 Å². The van der Waals surface area contributed by atoms with Gasteiger partial charge in [0.1, 0.15) is 0 Å². The number of rotatable bonds is 3. The minimum absolute atomic E-state index is 0. The SMILES string of the molecule is CN1CCCN(C2CCNCC2)[C@@H](Cc2ccc(Cl)cc2)C1.Cl.Cl. The van der Waals surface area contributed by atoms with E-state index in [-0.39, 0.29) is 24.8 Å². The Morgan fingerprint density at radius 1 is 1.08 bits per heavy atom. The van der Waals surface area contributed by atoms with Crippen LogP contribution in [0.4, 0.5) is 0 Å². The molecule has 0 bridgehead atoms. The Kier molecular flexibility index (Phi) is 9.95. The fourth-order valence-electron chi connectivity index (χ4n) is 3.96. The quantitative estimate of drug-likeness (QED) is 0.846. The van der Waals surface area contributed by atoms with Crippen molar-refractivity contribution in [1.29, 1.82) is 0 Å². The number of piperidine rings is 1. The van der Waals surface area contributed by atoms with E-state index in [1.807, 2.05) is 12.1 Å². The third-order valence-electron chi connectivity index (χ3n) is 5.11. The van der Waals surface area contributed by atoms with E-state index in [0.29, 0.717) is 6.04 Å². The van der Waals surface area contributed by atoms with Crippen molar-refractivity contribution in [3.63, 3.8) is 0 Å². The van der Waals surface area contributed by atoms with E-state index in [0.717, 1.165) is 17.5 Å². The van der Waals surface area contributed by atoms with E-state index in [4.69, 9.17) is 11.6 Å². The van der Waals surface area contributed by atoms with Gasteiger partial charge in [-0.2, -0.15) is 0 Å². The maximum atomic E-state index is 6.03. The molecule has 3 rings (SSSR count). The molecule has 3 nitrogen and oxygen atoms in total. The first-order chi connectivity index (χ1) is 10.7. The lowest BCUT2D eigenvalue weighted by Crippen LogP contribution is -2.50. The molecule has 6 heteroatoms. The predicted molar refractivity (Wildman–Crippen MR) is 108 cm³/mol. The van der Waals surface area contributed by atoms with Gasteiger partial charge in [0, 0.05) is 30.2 Å². The highest BCUT2D eigenvalue weighted by atomic mass is 35.5. The van der Waals surface area contributed by atoms with Gasteiger partial charge in [-0.05, 0) is 70.1 Å². The van der Waals surface area contributed by atoms with Crippen LogP contribution in [0.5, 0.6) is 0 Å². The fraction of sp³-hybridized carbons (Fsp3) is 0.667. The molecule has 0 unspecified atom stereocenters. The second-order valence-corrected chi connectivity index (χ2v) is 7.26. The predicted octanol–water partition coefficient (Wildman–Crippen LogP) is 3.48. The van der Waals surface area contributed by atoms with Gasteiger partial charge in [-0.3, -0.25) is 4.90 Å². The van der Waals surface area contributed by atoms with Crippen molar-refractivity contribution < 1.29 is 0 Å². The summed E-state index contributed by atoms with van der Waals surface area (Å²) in [6.07, 6.45) is 5.00. The van der Waals surface area contributed by atoms with Crippen molar-refractivity contribution >= 4 is 36.4 Å². The summed E-state index contributed by atoms with van der Waals surface area (Å²) in [6.45, 7) is 5.98. The monoisotopic (exact) mass is 393 g/mol. The highest BCUT2D eigenvalue weighted by Crippen LogP contribution is 2.22. The average molecular weight is 395 g/mol. The molecular weight excluding hydrogens is 365 g/mol. The number of likely N-dealkylation sites (N-methyl/N-ethyl adjacent to an activating group) is 1. The number of nitrogens with zero attached hydrogens (tertiary/aromatic N) is 2. The molecular formula is C18H30Cl3N3. The highest BCUT2D eigenvalue weighted by molar-refractivity contribution is 6.30. The van der Waals surface area contributed by atoms with Crippen LogP contribution < -0.4 is 5.32 Å². The number of benzene rings is 1. The first kappa shape index (κ1) is 22.0. The van der Waals surface area contributed by atoms with E-state index >= 15 is 0 Å². The van der Waals surface area contributed by atoms with Crippen molar-refractivity contribution in [3.05, 3.63) is 34.9 Å². The molecule has 2 fully saturated rings. The van der Waals surface area contributed by atoms with Crippen LogP contribution in [0.3, 0.4) is 0 Å². The van der Waals surface area contributed by atoms with Gasteiger partial charge in [0.15, 0.2) is 0 Å². The van der Waals surface area contributed by atoms with Gasteiger partial charge in [0.05, 0.1) is 0 Å². The van der Waals surface area contributed by atoms with Crippen LogP contribution in [-0.4, -0.2) is 61.7 Å². The van der Waals surface area contributed by atoms with Gasteiger partial charge in [0.25, 0.3) is 0 Å². The van der Waals surface area contributed by atoms with E-state index in [1.54, 1.807) is 0 Å². The third kappa shape index (κ3) is 6.05.